The molecule has 2 atom stereocenters. The van der Waals surface area contributed by atoms with Crippen LogP contribution >= 0.6 is 0 Å². The quantitative estimate of drug-likeness (QED) is 0.0867. The van der Waals surface area contributed by atoms with Crippen LogP contribution in [0, 0.1) is 15.5 Å². The second-order valence-electron chi connectivity index (χ2n) is 7.56. The molecule has 176 valence electrons. The highest BCUT2D eigenvalue weighted by Crippen LogP contribution is 2.13. The monoisotopic (exact) mass is 455 g/mol. The fourth-order valence-corrected chi connectivity index (χ4v) is 3.28. The first-order chi connectivity index (χ1) is 15.7. The smallest absolute Gasteiger partial charge is 0.266 e. The third-order valence-corrected chi connectivity index (χ3v) is 4.90. The molecule has 0 fully saturated rings. The molecule has 11 nitrogen and oxygen atoms in total. The first-order valence-corrected chi connectivity index (χ1v) is 10.4. The van der Waals surface area contributed by atoms with E-state index in [9.17, 15) is 19.7 Å². The number of nitrogens with two attached hydrogens (primary N) is 2. The molecule has 0 bridgehead atoms. The summed E-state index contributed by atoms with van der Waals surface area (Å²) in [6, 6.07) is 17.2. The van der Waals surface area contributed by atoms with E-state index in [1.807, 2.05) is 48.5 Å². The van der Waals surface area contributed by atoms with Gasteiger partial charge in [-0.1, -0.05) is 60.7 Å². The number of amides is 2. The number of hydrogen-bond acceptors (Lipinski definition) is 6. The first-order valence-electron chi connectivity index (χ1n) is 10.4. The molecule has 0 unspecified atom stereocenters. The summed E-state index contributed by atoms with van der Waals surface area (Å²) in [5.41, 5.74) is 11.3. The fraction of sp³-hybridized carbons (Fsp3) is 0.318. The summed E-state index contributed by atoms with van der Waals surface area (Å²) in [6.07, 6.45) is -0.0262. The van der Waals surface area contributed by atoms with Crippen molar-refractivity contribution >= 4 is 17.8 Å². The molecule has 0 aliphatic heterocycles. The van der Waals surface area contributed by atoms with E-state index in [-0.39, 0.29) is 25.8 Å². The van der Waals surface area contributed by atoms with Crippen molar-refractivity contribution in [1.29, 1.82) is 5.41 Å². The lowest BCUT2D eigenvalue weighted by atomic mass is 9.99. The molecule has 0 aliphatic rings. The second-order valence-corrected chi connectivity index (χ2v) is 7.56. The zero-order valence-electron chi connectivity index (χ0n) is 18.1. The number of guanidine groups is 1. The van der Waals surface area contributed by atoms with Gasteiger partial charge in [0.25, 0.3) is 5.91 Å². The van der Waals surface area contributed by atoms with Crippen LogP contribution in [0.25, 0.3) is 0 Å². The SMILES string of the molecule is N=C(N)N[C@@](CCC[N+](=O)[O-])(NC(=O)[C@H](N)Cc1ccccc1)C(=O)NCc1ccccc1. The molecule has 2 aromatic carbocycles. The molecule has 33 heavy (non-hydrogen) atoms. The maximum Gasteiger partial charge on any atom is 0.266 e. The second kappa shape index (κ2) is 12.2. The predicted octanol–water partition coefficient (Wildman–Crippen LogP) is 0.225. The number of carbonyl (C=O) groups is 2. The largest absolute Gasteiger partial charge is 0.370 e. The fourth-order valence-electron chi connectivity index (χ4n) is 3.28. The van der Waals surface area contributed by atoms with E-state index in [0.717, 1.165) is 11.1 Å². The Bertz CT molecular complexity index is 956. The Morgan fingerprint density at radius 3 is 2.15 bits per heavy atom. The summed E-state index contributed by atoms with van der Waals surface area (Å²) in [7, 11) is 0. The topological polar surface area (TPSA) is 189 Å². The molecular formula is C22H29N7O4. The minimum absolute atomic E-state index is 0.0553. The molecule has 0 saturated heterocycles. The molecule has 0 heterocycles. The maximum absolute atomic E-state index is 13.2. The van der Waals surface area contributed by atoms with Gasteiger partial charge in [-0.15, -0.1) is 0 Å². The highest BCUT2D eigenvalue weighted by molar-refractivity contribution is 5.95. The molecule has 0 spiro atoms. The Morgan fingerprint density at radius 2 is 1.61 bits per heavy atom. The van der Waals surface area contributed by atoms with Gasteiger partial charge in [-0.05, 0) is 17.5 Å². The number of carbonyl (C=O) groups excluding carboxylic acids is 2. The van der Waals surface area contributed by atoms with E-state index in [1.165, 1.54) is 0 Å². The maximum atomic E-state index is 13.2. The van der Waals surface area contributed by atoms with Crippen LogP contribution in [0.5, 0.6) is 0 Å². The van der Waals surface area contributed by atoms with Crippen LogP contribution in [-0.4, -0.2) is 40.9 Å². The Morgan fingerprint density at radius 1 is 1.03 bits per heavy atom. The van der Waals surface area contributed by atoms with Gasteiger partial charge >= 0.3 is 0 Å². The van der Waals surface area contributed by atoms with Crippen molar-refractivity contribution in [3.8, 4) is 0 Å². The van der Waals surface area contributed by atoms with Crippen LogP contribution in [0.2, 0.25) is 0 Å². The minimum Gasteiger partial charge on any atom is -0.370 e. The number of rotatable bonds is 12. The molecule has 2 aromatic rings. The van der Waals surface area contributed by atoms with Gasteiger partial charge in [0.2, 0.25) is 12.5 Å². The van der Waals surface area contributed by atoms with Crippen molar-refractivity contribution in [2.24, 2.45) is 11.5 Å². The summed E-state index contributed by atoms with van der Waals surface area (Å²) in [4.78, 5) is 36.4. The molecule has 2 amide bonds. The van der Waals surface area contributed by atoms with E-state index in [0.29, 0.717) is 0 Å². The Labute approximate surface area is 191 Å². The highest BCUT2D eigenvalue weighted by Gasteiger charge is 2.41. The zero-order chi connectivity index (χ0) is 24.3. The lowest BCUT2D eigenvalue weighted by Crippen LogP contribution is -2.71. The summed E-state index contributed by atoms with van der Waals surface area (Å²) < 4.78 is 0. The Hall–Kier alpha value is -3.99. The van der Waals surface area contributed by atoms with Gasteiger partial charge in [0.05, 0.1) is 6.04 Å². The number of hydrogen-bond donors (Lipinski definition) is 6. The predicted molar refractivity (Wildman–Crippen MR) is 123 cm³/mol. The molecule has 0 saturated carbocycles. The van der Waals surface area contributed by atoms with Gasteiger partial charge in [0.15, 0.2) is 11.6 Å². The lowest BCUT2D eigenvalue weighted by molar-refractivity contribution is -0.480. The van der Waals surface area contributed by atoms with Crippen molar-refractivity contribution in [3.05, 3.63) is 81.9 Å². The first kappa shape index (κ1) is 25.3. The number of benzene rings is 2. The minimum atomic E-state index is -1.89. The lowest BCUT2D eigenvalue weighted by Gasteiger charge is -2.35. The molecule has 8 N–H and O–H groups in total. The van der Waals surface area contributed by atoms with Crippen LogP contribution in [0.1, 0.15) is 24.0 Å². The number of nitrogens with one attached hydrogen (secondary N) is 4. The van der Waals surface area contributed by atoms with Crippen LogP contribution in [0.3, 0.4) is 0 Å². The van der Waals surface area contributed by atoms with E-state index in [4.69, 9.17) is 16.9 Å². The third kappa shape index (κ3) is 8.22. The zero-order valence-corrected chi connectivity index (χ0v) is 18.1. The summed E-state index contributed by atoms with van der Waals surface area (Å²) >= 11 is 0. The number of nitrogens with zero attached hydrogens (tertiary/aromatic N) is 1. The highest BCUT2D eigenvalue weighted by atomic mass is 16.6. The average Bonchev–Trinajstić information content (AvgIpc) is 2.78. The molecule has 0 aromatic heterocycles. The molecule has 11 heteroatoms. The van der Waals surface area contributed by atoms with Gasteiger partial charge in [0, 0.05) is 24.3 Å². The molecule has 2 rings (SSSR count). The van der Waals surface area contributed by atoms with Crippen molar-refractivity contribution in [3.63, 3.8) is 0 Å². The van der Waals surface area contributed by atoms with Crippen molar-refractivity contribution in [1.82, 2.24) is 16.0 Å². The van der Waals surface area contributed by atoms with Crippen LogP contribution in [0.15, 0.2) is 60.7 Å². The van der Waals surface area contributed by atoms with Gasteiger partial charge < -0.3 is 27.4 Å². The van der Waals surface area contributed by atoms with E-state index in [2.05, 4.69) is 16.0 Å². The molecule has 0 radical (unpaired) electrons. The third-order valence-electron chi connectivity index (χ3n) is 4.90. The molecular weight excluding hydrogens is 426 g/mol. The summed E-state index contributed by atoms with van der Waals surface area (Å²) in [5, 5.41) is 26.2. The van der Waals surface area contributed by atoms with E-state index >= 15 is 0 Å². The number of nitro groups is 1. The average molecular weight is 456 g/mol. The van der Waals surface area contributed by atoms with Gasteiger partial charge in [-0.3, -0.25) is 25.1 Å². The van der Waals surface area contributed by atoms with E-state index < -0.39 is 40.9 Å². The Balaban J connectivity index is 2.22. The summed E-state index contributed by atoms with van der Waals surface area (Å²) in [6.45, 7) is -0.290. The van der Waals surface area contributed by atoms with Gasteiger partial charge in [-0.25, -0.2) is 0 Å². The van der Waals surface area contributed by atoms with Crippen molar-refractivity contribution < 1.29 is 14.5 Å². The van der Waals surface area contributed by atoms with Crippen molar-refractivity contribution in [2.75, 3.05) is 6.54 Å². The summed E-state index contributed by atoms with van der Waals surface area (Å²) in [5.74, 6) is -1.93. The van der Waals surface area contributed by atoms with Crippen LogP contribution < -0.4 is 27.4 Å². The standard InChI is InChI=1S/C22H29N7O4/c23-18(14-16-8-3-1-4-9-16)19(30)27-22(28-21(24)25,12-7-13-29(32)33)20(31)26-15-17-10-5-2-6-11-17/h1-6,8-11,18H,7,12-15,23H2,(H,26,31)(H,27,30)(H4,24,25,28)/t18-,22-/m1/s1. The van der Waals surface area contributed by atoms with Gasteiger partial charge in [-0.2, -0.15) is 0 Å². The van der Waals surface area contributed by atoms with Crippen LogP contribution in [0.4, 0.5) is 0 Å². The molecule has 0 aliphatic carbocycles. The van der Waals surface area contributed by atoms with E-state index in [1.54, 1.807) is 12.1 Å². The van der Waals surface area contributed by atoms with Gasteiger partial charge in [0.1, 0.15) is 0 Å². The van der Waals surface area contributed by atoms with Crippen LogP contribution in [-0.2, 0) is 22.6 Å². The van der Waals surface area contributed by atoms with Crippen molar-refractivity contribution in [2.45, 2.75) is 37.5 Å². The Kier molecular flexibility index (Phi) is 9.30. The normalized spacial score (nSPS) is 13.2.